The Balaban J connectivity index is 2.35. The van der Waals surface area contributed by atoms with E-state index in [9.17, 15) is 4.39 Å². The summed E-state index contributed by atoms with van der Waals surface area (Å²) >= 11 is 0. The van der Waals surface area contributed by atoms with E-state index in [0.29, 0.717) is 6.04 Å². The molecule has 0 heterocycles. The molecule has 0 saturated heterocycles. The minimum atomic E-state index is -0.163. The van der Waals surface area contributed by atoms with E-state index in [2.05, 4.69) is 43.4 Å². The number of halogens is 1. The summed E-state index contributed by atoms with van der Waals surface area (Å²) in [6.07, 6.45) is 1.07. The molecule has 2 aromatic rings. The van der Waals surface area contributed by atoms with Crippen LogP contribution in [0.5, 0.6) is 0 Å². The second-order valence-electron chi connectivity index (χ2n) is 5.56. The molecule has 0 aliphatic heterocycles. The lowest BCUT2D eigenvalue weighted by Gasteiger charge is -2.17. The largest absolute Gasteiger partial charge is 0.310 e. The average molecular weight is 285 g/mol. The number of hydrogen-bond acceptors (Lipinski definition) is 1. The van der Waals surface area contributed by atoms with Gasteiger partial charge in [-0.2, -0.15) is 0 Å². The Bertz CT molecular complexity index is 578. The van der Waals surface area contributed by atoms with Gasteiger partial charge in [0.2, 0.25) is 0 Å². The molecule has 1 N–H and O–H groups in total. The van der Waals surface area contributed by atoms with Crippen molar-refractivity contribution in [3.8, 4) is 11.1 Å². The zero-order chi connectivity index (χ0) is 15.4. The molecule has 0 aliphatic rings. The molecule has 0 aromatic heterocycles. The van der Waals surface area contributed by atoms with Gasteiger partial charge in [0.1, 0.15) is 5.82 Å². The highest BCUT2D eigenvalue weighted by Crippen LogP contribution is 2.29. The smallest absolute Gasteiger partial charge is 0.123 e. The molecular weight excluding hydrogens is 261 g/mol. The second-order valence-corrected chi connectivity index (χ2v) is 5.56. The topological polar surface area (TPSA) is 12.0 Å². The van der Waals surface area contributed by atoms with Crippen molar-refractivity contribution in [3.05, 3.63) is 58.9 Å². The highest BCUT2D eigenvalue weighted by atomic mass is 19.1. The third-order valence-electron chi connectivity index (χ3n) is 3.96. The lowest BCUT2D eigenvalue weighted by Crippen LogP contribution is -2.19. The van der Waals surface area contributed by atoms with E-state index in [1.54, 1.807) is 12.1 Å². The number of benzene rings is 2. The van der Waals surface area contributed by atoms with E-state index in [-0.39, 0.29) is 5.82 Å². The first-order valence-electron chi connectivity index (χ1n) is 7.67. The molecule has 1 atom stereocenters. The van der Waals surface area contributed by atoms with Gasteiger partial charge >= 0.3 is 0 Å². The van der Waals surface area contributed by atoms with E-state index < -0.39 is 0 Å². The Morgan fingerprint density at radius 3 is 2.05 bits per heavy atom. The zero-order valence-electron chi connectivity index (χ0n) is 13.3. The van der Waals surface area contributed by atoms with Gasteiger partial charge in [0.05, 0.1) is 0 Å². The van der Waals surface area contributed by atoms with Crippen LogP contribution >= 0.6 is 0 Å². The average Bonchev–Trinajstić information content (AvgIpc) is 2.44. The van der Waals surface area contributed by atoms with Crippen LogP contribution in [-0.2, 0) is 0 Å². The molecule has 0 saturated carbocycles. The van der Waals surface area contributed by atoms with E-state index >= 15 is 0 Å². The van der Waals surface area contributed by atoms with Crippen LogP contribution in [0.2, 0.25) is 0 Å². The Labute approximate surface area is 127 Å². The van der Waals surface area contributed by atoms with Crippen molar-refractivity contribution < 1.29 is 4.39 Å². The maximum atomic E-state index is 13.4. The van der Waals surface area contributed by atoms with Crippen molar-refractivity contribution in [2.45, 2.75) is 40.2 Å². The Morgan fingerprint density at radius 1 is 1.00 bits per heavy atom. The maximum absolute atomic E-state index is 13.4. The molecule has 112 valence electrons. The van der Waals surface area contributed by atoms with Crippen LogP contribution in [0.1, 0.15) is 43.0 Å². The fraction of sp³-hybridized carbons (Fsp3) is 0.368. The zero-order valence-corrected chi connectivity index (χ0v) is 13.3. The summed E-state index contributed by atoms with van der Waals surface area (Å²) in [6, 6.07) is 12.2. The van der Waals surface area contributed by atoms with E-state index in [0.717, 1.165) is 35.2 Å². The van der Waals surface area contributed by atoms with Crippen molar-refractivity contribution in [2.24, 2.45) is 0 Å². The Hall–Kier alpha value is -1.67. The molecule has 1 unspecified atom stereocenters. The van der Waals surface area contributed by atoms with Gasteiger partial charge in [0, 0.05) is 6.04 Å². The normalized spacial score (nSPS) is 12.4. The molecule has 0 amide bonds. The molecule has 2 heteroatoms. The standard InChI is InChI=1S/C19H24FN/c1-5-18(21-6-2)15-7-9-16(10-8-15)19-13(3)11-17(20)12-14(19)4/h7-12,18,21H,5-6H2,1-4H3. The Kier molecular flexibility index (Phi) is 5.13. The molecule has 2 rings (SSSR count). The molecule has 0 aliphatic carbocycles. The molecule has 0 radical (unpaired) electrons. The van der Waals surface area contributed by atoms with Gasteiger partial charge in [0.15, 0.2) is 0 Å². The van der Waals surface area contributed by atoms with Gasteiger partial charge in [0.25, 0.3) is 0 Å². The number of nitrogens with one attached hydrogen (secondary N) is 1. The quantitative estimate of drug-likeness (QED) is 0.799. The highest BCUT2D eigenvalue weighted by molar-refractivity contribution is 5.71. The van der Waals surface area contributed by atoms with E-state index in [1.807, 2.05) is 13.8 Å². The van der Waals surface area contributed by atoms with Crippen LogP contribution in [0.4, 0.5) is 4.39 Å². The molecular formula is C19H24FN. The fourth-order valence-corrected chi connectivity index (χ4v) is 2.99. The minimum Gasteiger partial charge on any atom is -0.310 e. The molecule has 0 fully saturated rings. The first-order valence-corrected chi connectivity index (χ1v) is 7.67. The van der Waals surface area contributed by atoms with Gasteiger partial charge in [-0.05, 0) is 66.8 Å². The fourth-order valence-electron chi connectivity index (χ4n) is 2.99. The number of hydrogen-bond donors (Lipinski definition) is 1. The summed E-state index contributed by atoms with van der Waals surface area (Å²) in [7, 11) is 0. The minimum absolute atomic E-state index is 0.163. The van der Waals surface area contributed by atoms with Crippen LogP contribution in [0.15, 0.2) is 36.4 Å². The summed E-state index contributed by atoms with van der Waals surface area (Å²) in [4.78, 5) is 0. The van der Waals surface area contributed by atoms with Gasteiger partial charge in [-0.25, -0.2) is 4.39 Å². The first-order chi connectivity index (χ1) is 10.1. The van der Waals surface area contributed by atoms with Crippen LogP contribution in [0, 0.1) is 19.7 Å². The summed E-state index contributed by atoms with van der Waals surface area (Å²) in [5.41, 5.74) is 5.57. The SMILES string of the molecule is CCNC(CC)c1ccc(-c2c(C)cc(F)cc2C)cc1. The van der Waals surface area contributed by atoms with E-state index in [1.165, 1.54) is 5.56 Å². The van der Waals surface area contributed by atoms with Gasteiger partial charge in [-0.15, -0.1) is 0 Å². The van der Waals surface area contributed by atoms with Crippen LogP contribution in [0.25, 0.3) is 11.1 Å². The summed E-state index contributed by atoms with van der Waals surface area (Å²) < 4.78 is 13.4. The van der Waals surface area contributed by atoms with Crippen LogP contribution < -0.4 is 5.32 Å². The molecule has 0 bridgehead atoms. The summed E-state index contributed by atoms with van der Waals surface area (Å²) in [5, 5.41) is 3.49. The molecule has 0 spiro atoms. The van der Waals surface area contributed by atoms with E-state index in [4.69, 9.17) is 0 Å². The molecule has 21 heavy (non-hydrogen) atoms. The van der Waals surface area contributed by atoms with Crippen molar-refractivity contribution in [1.29, 1.82) is 0 Å². The summed E-state index contributed by atoms with van der Waals surface area (Å²) in [5.74, 6) is -0.163. The summed E-state index contributed by atoms with van der Waals surface area (Å²) in [6.45, 7) is 9.22. The third-order valence-corrected chi connectivity index (χ3v) is 3.96. The lowest BCUT2D eigenvalue weighted by atomic mass is 9.93. The second kappa shape index (κ2) is 6.86. The molecule has 2 aromatic carbocycles. The number of aryl methyl sites for hydroxylation is 2. The third kappa shape index (κ3) is 3.51. The first kappa shape index (κ1) is 15.7. The van der Waals surface area contributed by atoms with Crippen molar-refractivity contribution in [2.75, 3.05) is 6.54 Å². The van der Waals surface area contributed by atoms with Crippen LogP contribution in [0.3, 0.4) is 0 Å². The molecule has 1 nitrogen and oxygen atoms in total. The van der Waals surface area contributed by atoms with Gasteiger partial charge < -0.3 is 5.32 Å². The van der Waals surface area contributed by atoms with Gasteiger partial charge in [-0.3, -0.25) is 0 Å². The number of rotatable bonds is 5. The van der Waals surface area contributed by atoms with Crippen molar-refractivity contribution in [1.82, 2.24) is 5.32 Å². The monoisotopic (exact) mass is 285 g/mol. The maximum Gasteiger partial charge on any atom is 0.123 e. The van der Waals surface area contributed by atoms with Crippen molar-refractivity contribution >= 4 is 0 Å². The van der Waals surface area contributed by atoms with Gasteiger partial charge in [-0.1, -0.05) is 38.1 Å². The van der Waals surface area contributed by atoms with Crippen LogP contribution in [-0.4, -0.2) is 6.54 Å². The lowest BCUT2D eigenvalue weighted by molar-refractivity contribution is 0.537. The predicted molar refractivity (Wildman–Crippen MR) is 88.0 cm³/mol. The predicted octanol–water partition coefficient (Wildman–Crippen LogP) is 5.17. The highest BCUT2D eigenvalue weighted by Gasteiger charge is 2.10. The Morgan fingerprint density at radius 2 is 1.57 bits per heavy atom. The van der Waals surface area contributed by atoms with Crippen molar-refractivity contribution in [3.63, 3.8) is 0 Å².